The molecule has 0 aliphatic heterocycles. The highest BCUT2D eigenvalue weighted by atomic mass is 32.2. The molecule has 2 aromatic carbocycles. The average Bonchev–Trinajstić information content (AvgIpc) is 2.65. The summed E-state index contributed by atoms with van der Waals surface area (Å²) < 4.78 is 0. The molecule has 2 rings (SSSR count). The SMILES string of the molecule is C[C@@H](Sc1ccc([N+](=O)[O-])cc1)C(=O)NCCNc1ccccc1[N+](=O)[O-]. The van der Waals surface area contributed by atoms with E-state index in [4.69, 9.17) is 0 Å². The first kappa shape index (κ1) is 20.2. The van der Waals surface area contributed by atoms with Crippen LogP contribution in [0.2, 0.25) is 0 Å². The molecule has 2 N–H and O–H groups in total. The van der Waals surface area contributed by atoms with Gasteiger partial charge in [0.15, 0.2) is 0 Å². The van der Waals surface area contributed by atoms with Gasteiger partial charge in [0, 0.05) is 36.2 Å². The number of nitrogens with one attached hydrogen (secondary N) is 2. The normalized spacial score (nSPS) is 11.4. The Balaban J connectivity index is 1.78. The van der Waals surface area contributed by atoms with Crippen molar-refractivity contribution in [3.05, 3.63) is 68.8 Å². The first-order valence-electron chi connectivity index (χ1n) is 8.04. The van der Waals surface area contributed by atoms with Gasteiger partial charge in [-0.25, -0.2) is 0 Å². The van der Waals surface area contributed by atoms with Crippen LogP contribution in [0.4, 0.5) is 17.1 Å². The predicted molar refractivity (Wildman–Crippen MR) is 103 cm³/mol. The van der Waals surface area contributed by atoms with Gasteiger partial charge in [0.2, 0.25) is 5.91 Å². The third-order valence-electron chi connectivity index (χ3n) is 3.57. The molecule has 0 saturated heterocycles. The van der Waals surface area contributed by atoms with Gasteiger partial charge in [0.25, 0.3) is 11.4 Å². The Bertz CT molecular complexity index is 828. The molecule has 0 radical (unpaired) electrons. The van der Waals surface area contributed by atoms with Crippen molar-refractivity contribution in [1.29, 1.82) is 0 Å². The molecule has 1 atom stereocenters. The lowest BCUT2D eigenvalue weighted by Gasteiger charge is -2.12. The maximum absolute atomic E-state index is 12.1. The van der Waals surface area contributed by atoms with Crippen molar-refractivity contribution in [2.24, 2.45) is 0 Å². The Morgan fingerprint density at radius 3 is 2.33 bits per heavy atom. The zero-order valence-corrected chi connectivity index (χ0v) is 15.3. The first-order valence-corrected chi connectivity index (χ1v) is 8.92. The summed E-state index contributed by atoms with van der Waals surface area (Å²) in [6.45, 7) is 2.37. The summed E-state index contributed by atoms with van der Waals surface area (Å²) in [7, 11) is 0. The zero-order valence-electron chi connectivity index (χ0n) is 14.5. The van der Waals surface area contributed by atoms with E-state index in [1.165, 1.54) is 30.0 Å². The second-order valence-corrected chi connectivity index (χ2v) is 6.92. The van der Waals surface area contributed by atoms with Crippen LogP contribution in [0.15, 0.2) is 53.4 Å². The van der Waals surface area contributed by atoms with E-state index in [2.05, 4.69) is 10.6 Å². The lowest BCUT2D eigenvalue weighted by Crippen LogP contribution is -2.34. The van der Waals surface area contributed by atoms with Gasteiger partial charge in [-0.15, -0.1) is 11.8 Å². The smallest absolute Gasteiger partial charge is 0.292 e. The number of carbonyl (C=O) groups excluding carboxylic acids is 1. The minimum atomic E-state index is -0.478. The van der Waals surface area contributed by atoms with Crippen LogP contribution in [0.5, 0.6) is 0 Å². The van der Waals surface area contributed by atoms with E-state index in [0.717, 1.165) is 4.90 Å². The lowest BCUT2D eigenvalue weighted by molar-refractivity contribution is -0.384. The molecule has 0 aliphatic rings. The summed E-state index contributed by atoms with van der Waals surface area (Å²) in [6.07, 6.45) is 0. The fourth-order valence-electron chi connectivity index (χ4n) is 2.21. The molecule has 0 bridgehead atoms. The third-order valence-corrected chi connectivity index (χ3v) is 4.68. The van der Waals surface area contributed by atoms with Crippen molar-refractivity contribution in [1.82, 2.24) is 5.32 Å². The van der Waals surface area contributed by atoms with E-state index in [1.54, 1.807) is 37.3 Å². The summed E-state index contributed by atoms with van der Waals surface area (Å²) in [5, 5.41) is 26.9. The number of nitrogens with zero attached hydrogens (tertiary/aromatic N) is 2. The van der Waals surface area contributed by atoms with E-state index >= 15 is 0 Å². The lowest BCUT2D eigenvalue weighted by atomic mass is 10.2. The highest BCUT2D eigenvalue weighted by Crippen LogP contribution is 2.25. The molecular formula is C17H18N4O5S. The van der Waals surface area contributed by atoms with Crippen molar-refractivity contribution in [3.8, 4) is 0 Å². The van der Waals surface area contributed by atoms with E-state index in [-0.39, 0.29) is 17.3 Å². The minimum absolute atomic E-state index is 0.00228. The number of thioether (sulfide) groups is 1. The fourth-order valence-corrected chi connectivity index (χ4v) is 3.10. The Morgan fingerprint density at radius 1 is 1.04 bits per heavy atom. The van der Waals surface area contributed by atoms with Crippen LogP contribution in [0.25, 0.3) is 0 Å². The number of carbonyl (C=O) groups is 1. The molecule has 0 unspecified atom stereocenters. The molecule has 0 spiro atoms. The Kier molecular flexibility index (Phi) is 7.12. The Morgan fingerprint density at radius 2 is 1.70 bits per heavy atom. The molecule has 0 fully saturated rings. The van der Waals surface area contributed by atoms with Crippen molar-refractivity contribution < 1.29 is 14.6 Å². The van der Waals surface area contributed by atoms with Gasteiger partial charge < -0.3 is 10.6 Å². The first-order chi connectivity index (χ1) is 12.9. The summed E-state index contributed by atoms with van der Waals surface area (Å²) in [4.78, 5) is 33.5. The van der Waals surface area contributed by atoms with Crippen LogP contribution in [0.1, 0.15) is 6.92 Å². The second-order valence-electron chi connectivity index (χ2n) is 5.50. The van der Waals surface area contributed by atoms with Crippen molar-refractivity contribution >= 4 is 34.7 Å². The standard InChI is InChI=1S/C17H18N4O5S/c1-12(27-14-8-6-13(7-9-14)20(23)24)17(22)19-11-10-18-15-4-2-3-5-16(15)21(25)26/h2-9,12,18H,10-11H2,1H3,(H,19,22)/t12-/m1/s1. The van der Waals surface area contributed by atoms with E-state index < -0.39 is 15.1 Å². The van der Waals surface area contributed by atoms with Gasteiger partial charge in [0.1, 0.15) is 5.69 Å². The molecule has 0 aliphatic carbocycles. The van der Waals surface area contributed by atoms with E-state index in [9.17, 15) is 25.0 Å². The van der Waals surface area contributed by atoms with Gasteiger partial charge >= 0.3 is 0 Å². The molecule has 0 saturated carbocycles. The number of benzene rings is 2. The highest BCUT2D eigenvalue weighted by Gasteiger charge is 2.15. The summed E-state index contributed by atoms with van der Waals surface area (Å²) in [5.74, 6) is -0.192. The number of nitro groups is 2. The number of nitro benzene ring substituents is 2. The van der Waals surface area contributed by atoms with Gasteiger partial charge in [-0.3, -0.25) is 25.0 Å². The van der Waals surface area contributed by atoms with Gasteiger partial charge in [-0.1, -0.05) is 12.1 Å². The van der Waals surface area contributed by atoms with Gasteiger partial charge in [0.05, 0.1) is 15.1 Å². The Labute approximate surface area is 159 Å². The number of hydrogen-bond donors (Lipinski definition) is 2. The molecule has 0 aromatic heterocycles. The van der Waals surface area contributed by atoms with Crippen molar-refractivity contribution in [2.75, 3.05) is 18.4 Å². The largest absolute Gasteiger partial charge is 0.378 e. The van der Waals surface area contributed by atoms with E-state index in [0.29, 0.717) is 18.8 Å². The molecule has 27 heavy (non-hydrogen) atoms. The number of non-ortho nitro benzene ring substituents is 1. The summed E-state index contributed by atoms with van der Waals surface area (Å²) in [6, 6.07) is 12.3. The second kappa shape index (κ2) is 9.53. The summed E-state index contributed by atoms with van der Waals surface area (Å²) >= 11 is 1.29. The number of anilines is 1. The number of amides is 1. The maximum Gasteiger partial charge on any atom is 0.292 e. The van der Waals surface area contributed by atoms with Crippen molar-refractivity contribution in [3.63, 3.8) is 0 Å². The van der Waals surface area contributed by atoms with Crippen LogP contribution in [-0.4, -0.2) is 34.1 Å². The summed E-state index contributed by atoms with van der Waals surface area (Å²) in [5.41, 5.74) is 0.369. The predicted octanol–water partition coefficient (Wildman–Crippen LogP) is 3.21. The average molecular weight is 390 g/mol. The number of para-hydroxylation sites is 2. The molecule has 1 amide bonds. The van der Waals surface area contributed by atoms with Crippen molar-refractivity contribution in [2.45, 2.75) is 17.1 Å². The molecule has 142 valence electrons. The molecule has 0 heterocycles. The molecule has 9 nitrogen and oxygen atoms in total. The van der Waals surface area contributed by atoms with Crippen LogP contribution in [-0.2, 0) is 4.79 Å². The number of rotatable bonds is 9. The minimum Gasteiger partial charge on any atom is -0.378 e. The molecular weight excluding hydrogens is 372 g/mol. The van der Waals surface area contributed by atoms with Gasteiger partial charge in [-0.05, 0) is 25.1 Å². The highest BCUT2D eigenvalue weighted by molar-refractivity contribution is 8.00. The zero-order chi connectivity index (χ0) is 19.8. The van der Waals surface area contributed by atoms with Gasteiger partial charge in [-0.2, -0.15) is 0 Å². The molecule has 10 heteroatoms. The molecule has 2 aromatic rings. The van der Waals surface area contributed by atoms with Crippen LogP contribution < -0.4 is 10.6 Å². The van der Waals surface area contributed by atoms with Crippen LogP contribution in [0, 0.1) is 20.2 Å². The van der Waals surface area contributed by atoms with Crippen LogP contribution in [0.3, 0.4) is 0 Å². The van der Waals surface area contributed by atoms with Crippen LogP contribution >= 0.6 is 11.8 Å². The monoisotopic (exact) mass is 390 g/mol. The fraction of sp³-hybridized carbons (Fsp3) is 0.235. The third kappa shape index (κ3) is 5.96. The topological polar surface area (TPSA) is 127 Å². The number of hydrogen-bond acceptors (Lipinski definition) is 7. The van der Waals surface area contributed by atoms with E-state index in [1.807, 2.05) is 0 Å². The quantitative estimate of drug-likeness (QED) is 0.291. The Hall–Kier alpha value is -3.14. The maximum atomic E-state index is 12.1.